The molecule has 3 aromatic carbocycles. The first kappa shape index (κ1) is 38.7. The van der Waals surface area contributed by atoms with E-state index in [9.17, 15) is 22.8 Å². The summed E-state index contributed by atoms with van der Waals surface area (Å²) in [6, 6.07) is 21.3. The molecule has 4 rings (SSSR count). The van der Waals surface area contributed by atoms with Gasteiger partial charge in [-0.15, -0.1) is 0 Å². The van der Waals surface area contributed by atoms with Gasteiger partial charge in [-0.25, -0.2) is 8.42 Å². The summed E-state index contributed by atoms with van der Waals surface area (Å²) in [7, 11) is -2.36. The van der Waals surface area contributed by atoms with Gasteiger partial charge in [0.2, 0.25) is 21.8 Å². The van der Waals surface area contributed by atoms with Gasteiger partial charge in [-0.1, -0.05) is 79.7 Å². The zero-order chi connectivity index (χ0) is 37.3. The Morgan fingerprint density at radius 3 is 1.98 bits per heavy atom. The van der Waals surface area contributed by atoms with Crippen molar-refractivity contribution in [3.63, 3.8) is 0 Å². The summed E-state index contributed by atoms with van der Waals surface area (Å²) >= 11 is 0. The third-order valence-electron chi connectivity index (χ3n) is 8.45. The topological polar surface area (TPSA) is 176 Å². The highest BCUT2D eigenvalue weighted by Gasteiger charge is 2.27. The van der Waals surface area contributed by atoms with E-state index in [1.165, 1.54) is 25.2 Å². The number of carbonyl (C=O) groups excluding carboxylic acids is 3. The van der Waals surface area contributed by atoms with Gasteiger partial charge in [0, 0.05) is 30.8 Å². The maximum Gasteiger partial charge on any atom is 0.251 e. The summed E-state index contributed by atoms with van der Waals surface area (Å²) < 4.78 is 31.3. The van der Waals surface area contributed by atoms with Gasteiger partial charge in [-0.2, -0.15) is 4.98 Å². The molecule has 4 atom stereocenters. The van der Waals surface area contributed by atoms with Crippen molar-refractivity contribution < 1.29 is 27.3 Å². The average Bonchev–Trinajstić information content (AvgIpc) is 3.54. The minimum Gasteiger partial charge on any atom is -0.348 e. The average molecular weight is 718 g/mol. The number of benzene rings is 3. The van der Waals surface area contributed by atoms with Crippen LogP contribution >= 0.6 is 0 Å². The largest absolute Gasteiger partial charge is 0.348 e. The molecule has 0 aliphatic heterocycles. The van der Waals surface area contributed by atoms with Gasteiger partial charge in [0.25, 0.3) is 11.8 Å². The van der Waals surface area contributed by atoms with Crippen LogP contribution in [0.5, 0.6) is 0 Å². The highest BCUT2D eigenvalue weighted by atomic mass is 32.2. The number of nitrogens with one attached hydrogen (secondary N) is 4. The lowest BCUT2D eigenvalue weighted by molar-refractivity contribution is -0.124. The quantitative estimate of drug-likeness (QED) is 0.133. The van der Waals surface area contributed by atoms with Gasteiger partial charge in [0.15, 0.2) is 5.82 Å². The number of hydrogen-bond acceptors (Lipinski definition) is 9. The molecule has 1 heterocycles. The van der Waals surface area contributed by atoms with Crippen LogP contribution in [0.15, 0.2) is 83.4 Å². The molecule has 51 heavy (non-hydrogen) atoms. The first-order chi connectivity index (χ1) is 24.1. The van der Waals surface area contributed by atoms with Crippen molar-refractivity contribution in [1.29, 1.82) is 0 Å². The molecule has 4 N–H and O–H groups in total. The number of nitrogens with zero attached hydrogens (tertiary/aromatic N) is 3. The van der Waals surface area contributed by atoms with Crippen LogP contribution in [0.2, 0.25) is 0 Å². The van der Waals surface area contributed by atoms with E-state index >= 15 is 0 Å². The molecule has 0 saturated heterocycles. The number of amides is 3. The summed E-state index contributed by atoms with van der Waals surface area (Å²) in [5, 5.41) is 16.0. The van der Waals surface area contributed by atoms with Gasteiger partial charge in [0.05, 0.1) is 24.0 Å². The Kier molecular flexibility index (Phi) is 13.1. The first-order valence-electron chi connectivity index (χ1n) is 16.8. The van der Waals surface area contributed by atoms with Crippen LogP contribution < -0.4 is 25.6 Å². The summed E-state index contributed by atoms with van der Waals surface area (Å²) in [5.74, 6) is -0.497. The van der Waals surface area contributed by atoms with E-state index in [0.29, 0.717) is 18.1 Å². The molecule has 1 aromatic heterocycles. The van der Waals surface area contributed by atoms with Crippen molar-refractivity contribution in [1.82, 2.24) is 31.4 Å². The molecule has 4 aromatic rings. The molecular weight excluding hydrogens is 671 g/mol. The standard InChI is InChI=1S/C37H47N7O6S/c1-23(2)33(37-40-26(5)43-50-37)42-34(45)25(4)38-22-31(18-27-14-10-8-11-15-27)41-36(47)30-19-29(20-32(21-30)44(6)51(7,48)49)35(46)39-24(3)28-16-12-9-13-17-28/h8-17,19-21,23-25,31,33,38H,18,22H2,1-7H3,(H,39,46)(H,41,47)(H,42,45)/t24-,25+,31+,33+/m1/s1. The fourth-order valence-electron chi connectivity index (χ4n) is 5.34. The van der Waals surface area contributed by atoms with E-state index in [0.717, 1.165) is 21.7 Å². The van der Waals surface area contributed by atoms with Crippen molar-refractivity contribution in [2.24, 2.45) is 5.92 Å². The Labute approximate surface area is 299 Å². The molecule has 3 amide bonds. The maximum absolute atomic E-state index is 13.9. The smallest absolute Gasteiger partial charge is 0.251 e. The van der Waals surface area contributed by atoms with Crippen LogP contribution in [0.3, 0.4) is 0 Å². The highest BCUT2D eigenvalue weighted by Crippen LogP contribution is 2.23. The van der Waals surface area contributed by atoms with E-state index in [4.69, 9.17) is 4.52 Å². The van der Waals surface area contributed by atoms with Crippen LogP contribution in [0.25, 0.3) is 0 Å². The van der Waals surface area contributed by atoms with E-state index in [-0.39, 0.29) is 41.2 Å². The fraction of sp³-hybridized carbons (Fsp3) is 0.378. The molecule has 13 nitrogen and oxygen atoms in total. The molecular formula is C37H47N7O6S. The second-order valence-corrected chi connectivity index (χ2v) is 15.0. The molecule has 0 fully saturated rings. The predicted octanol–water partition coefficient (Wildman–Crippen LogP) is 4.10. The van der Waals surface area contributed by atoms with Crippen molar-refractivity contribution in [3.8, 4) is 0 Å². The fourth-order valence-corrected chi connectivity index (χ4v) is 5.82. The number of anilines is 1. The van der Waals surface area contributed by atoms with Gasteiger partial charge < -0.3 is 25.8 Å². The Bertz CT molecular complexity index is 1900. The van der Waals surface area contributed by atoms with Crippen LogP contribution in [0.1, 0.15) is 83.3 Å². The number of rotatable bonds is 16. The number of aromatic nitrogens is 2. The molecule has 0 aliphatic carbocycles. The molecule has 272 valence electrons. The minimum atomic E-state index is -3.72. The number of hydrogen-bond donors (Lipinski definition) is 4. The van der Waals surface area contributed by atoms with Crippen LogP contribution in [0, 0.1) is 12.8 Å². The van der Waals surface area contributed by atoms with Gasteiger partial charge in [-0.3, -0.25) is 18.7 Å². The predicted molar refractivity (Wildman–Crippen MR) is 196 cm³/mol. The van der Waals surface area contributed by atoms with Crippen LogP contribution in [-0.2, 0) is 21.2 Å². The third kappa shape index (κ3) is 11.0. The Hall–Kier alpha value is -5.08. The molecule has 0 bridgehead atoms. The molecule has 0 aliphatic rings. The molecule has 0 radical (unpaired) electrons. The SMILES string of the molecule is Cc1noc([C@@H](NC(=O)[C@H](C)NC[C@H](Cc2ccccc2)NC(=O)c2cc(C(=O)N[C@H](C)c3ccccc3)cc(N(C)S(C)(=O)=O)c2)C(C)C)n1. The number of sulfonamides is 1. The zero-order valence-corrected chi connectivity index (χ0v) is 30.8. The molecule has 0 spiro atoms. The lowest BCUT2D eigenvalue weighted by Gasteiger charge is -2.25. The molecule has 14 heteroatoms. The van der Waals surface area contributed by atoms with E-state index in [1.54, 1.807) is 13.8 Å². The Morgan fingerprint density at radius 2 is 1.43 bits per heavy atom. The van der Waals surface area contributed by atoms with Crippen molar-refractivity contribution >= 4 is 33.4 Å². The highest BCUT2D eigenvalue weighted by molar-refractivity contribution is 7.92. The van der Waals surface area contributed by atoms with Crippen LogP contribution in [0.4, 0.5) is 5.69 Å². The maximum atomic E-state index is 13.9. The zero-order valence-electron chi connectivity index (χ0n) is 30.0. The first-order valence-corrected chi connectivity index (χ1v) is 18.6. The van der Waals surface area contributed by atoms with E-state index < -0.39 is 40.0 Å². The Morgan fingerprint density at radius 1 is 0.843 bits per heavy atom. The van der Waals surface area contributed by atoms with Crippen molar-refractivity contribution in [2.45, 2.75) is 65.2 Å². The van der Waals surface area contributed by atoms with Gasteiger partial charge >= 0.3 is 0 Å². The monoisotopic (exact) mass is 717 g/mol. The van der Waals surface area contributed by atoms with Gasteiger partial charge in [-0.05, 0) is 62.4 Å². The van der Waals surface area contributed by atoms with Crippen molar-refractivity contribution in [3.05, 3.63) is 113 Å². The van der Waals surface area contributed by atoms with E-state index in [2.05, 4.69) is 31.4 Å². The van der Waals surface area contributed by atoms with Gasteiger partial charge in [0.1, 0.15) is 6.04 Å². The summed E-state index contributed by atoms with van der Waals surface area (Å²) in [4.78, 5) is 44.9. The Balaban J connectivity index is 1.55. The second kappa shape index (κ2) is 17.2. The number of aryl methyl sites for hydroxylation is 1. The van der Waals surface area contributed by atoms with Crippen molar-refractivity contribution in [2.75, 3.05) is 24.2 Å². The molecule has 0 saturated carbocycles. The number of carbonyl (C=O) groups is 3. The lowest BCUT2D eigenvalue weighted by atomic mass is 10.0. The minimum absolute atomic E-state index is 0.0165. The third-order valence-corrected chi connectivity index (χ3v) is 9.65. The summed E-state index contributed by atoms with van der Waals surface area (Å²) in [6.07, 6.45) is 1.47. The lowest BCUT2D eigenvalue weighted by Crippen LogP contribution is -2.50. The normalized spacial score (nSPS) is 13.9. The summed E-state index contributed by atoms with van der Waals surface area (Å²) in [6.45, 7) is 9.36. The molecule has 0 unspecified atom stereocenters. The summed E-state index contributed by atoms with van der Waals surface area (Å²) in [5.41, 5.74) is 2.21. The second-order valence-electron chi connectivity index (χ2n) is 13.0. The van der Waals surface area contributed by atoms with Crippen LogP contribution in [-0.4, -0.2) is 68.2 Å². The van der Waals surface area contributed by atoms with E-state index in [1.807, 2.05) is 81.4 Å².